The van der Waals surface area contributed by atoms with Crippen molar-refractivity contribution < 1.29 is 14.3 Å². The average Bonchev–Trinajstić information content (AvgIpc) is 3.14. The average molecular weight is 303 g/mol. The minimum atomic E-state index is -0.102. The summed E-state index contributed by atoms with van der Waals surface area (Å²) in [6, 6.07) is 0. The number of aromatic nitrogens is 4. The first kappa shape index (κ1) is 14.3. The van der Waals surface area contributed by atoms with Crippen molar-refractivity contribution in [2.45, 2.75) is 12.5 Å². The van der Waals surface area contributed by atoms with Gasteiger partial charge in [0, 0.05) is 38.6 Å². The molecule has 0 bridgehead atoms. The Kier molecular flexibility index (Phi) is 3.90. The third-order valence-corrected chi connectivity index (χ3v) is 3.48. The van der Waals surface area contributed by atoms with E-state index in [4.69, 9.17) is 9.47 Å². The molecule has 1 saturated heterocycles. The van der Waals surface area contributed by atoms with Gasteiger partial charge in [0.25, 0.3) is 5.91 Å². The minimum absolute atomic E-state index is 0.0803. The quantitative estimate of drug-likeness (QED) is 0.818. The highest BCUT2D eigenvalue weighted by Crippen LogP contribution is 2.22. The summed E-state index contributed by atoms with van der Waals surface area (Å²) in [5.74, 6) is 0.710. The van der Waals surface area contributed by atoms with Gasteiger partial charge in [-0.25, -0.2) is 4.98 Å². The topological polar surface area (TPSA) is 82.4 Å². The molecule has 1 fully saturated rings. The number of rotatable bonds is 4. The van der Waals surface area contributed by atoms with E-state index in [0.29, 0.717) is 30.4 Å². The molecule has 0 spiro atoms. The van der Waals surface area contributed by atoms with Crippen LogP contribution in [-0.4, -0.2) is 56.9 Å². The second-order valence-corrected chi connectivity index (χ2v) is 5.05. The van der Waals surface area contributed by atoms with Gasteiger partial charge in [-0.2, -0.15) is 0 Å². The Morgan fingerprint density at radius 1 is 1.41 bits per heavy atom. The summed E-state index contributed by atoms with van der Waals surface area (Å²) in [5.41, 5.74) is 0.463. The fourth-order valence-corrected chi connectivity index (χ4v) is 2.46. The summed E-state index contributed by atoms with van der Waals surface area (Å²) >= 11 is 0. The molecule has 0 unspecified atom stereocenters. The number of methoxy groups -OCH3 is 1. The lowest BCUT2D eigenvalue weighted by Gasteiger charge is -2.16. The number of hydrogen-bond acceptors (Lipinski definition) is 6. The minimum Gasteiger partial charge on any atom is -0.479 e. The molecule has 0 saturated carbocycles. The van der Waals surface area contributed by atoms with Crippen LogP contribution in [0, 0.1) is 0 Å². The van der Waals surface area contributed by atoms with Crippen molar-refractivity contribution in [2.75, 3.05) is 20.2 Å². The Morgan fingerprint density at radius 2 is 2.27 bits per heavy atom. The van der Waals surface area contributed by atoms with Crippen LogP contribution in [0.2, 0.25) is 0 Å². The second kappa shape index (κ2) is 6.00. The maximum Gasteiger partial charge on any atom is 0.261 e. The lowest BCUT2D eigenvalue weighted by molar-refractivity contribution is 0.0767. The summed E-state index contributed by atoms with van der Waals surface area (Å²) in [7, 11) is 3.26. The van der Waals surface area contributed by atoms with E-state index >= 15 is 0 Å². The van der Waals surface area contributed by atoms with Crippen molar-refractivity contribution >= 4 is 5.91 Å². The van der Waals surface area contributed by atoms with Crippen LogP contribution in [0.1, 0.15) is 16.8 Å². The number of carbonyl (C=O) groups is 1. The third-order valence-electron chi connectivity index (χ3n) is 3.48. The van der Waals surface area contributed by atoms with Crippen molar-refractivity contribution in [1.82, 2.24) is 24.6 Å². The Hall–Kier alpha value is -2.64. The van der Waals surface area contributed by atoms with Crippen molar-refractivity contribution in [2.24, 2.45) is 7.05 Å². The summed E-state index contributed by atoms with van der Waals surface area (Å²) in [4.78, 5) is 22.3. The Morgan fingerprint density at radius 3 is 3.00 bits per heavy atom. The van der Waals surface area contributed by atoms with E-state index in [1.54, 1.807) is 41.4 Å². The van der Waals surface area contributed by atoms with Crippen LogP contribution < -0.4 is 9.47 Å². The monoisotopic (exact) mass is 303 g/mol. The van der Waals surface area contributed by atoms with E-state index < -0.39 is 0 Å². The van der Waals surface area contributed by atoms with Gasteiger partial charge in [0.2, 0.25) is 11.8 Å². The van der Waals surface area contributed by atoms with Gasteiger partial charge in [-0.15, -0.1) is 5.10 Å². The van der Waals surface area contributed by atoms with Crippen molar-refractivity contribution in [3.63, 3.8) is 0 Å². The van der Waals surface area contributed by atoms with Crippen LogP contribution in [0.5, 0.6) is 11.8 Å². The van der Waals surface area contributed by atoms with Gasteiger partial charge in [0.05, 0.1) is 19.9 Å². The smallest absolute Gasteiger partial charge is 0.261 e. The fraction of sp³-hybridized carbons (Fsp3) is 0.429. The molecule has 3 rings (SSSR count). The van der Waals surface area contributed by atoms with Crippen LogP contribution in [0.4, 0.5) is 0 Å². The highest BCUT2D eigenvalue weighted by molar-refractivity contribution is 5.96. The van der Waals surface area contributed by atoms with Crippen LogP contribution >= 0.6 is 0 Å². The molecular weight excluding hydrogens is 286 g/mol. The first-order valence-electron chi connectivity index (χ1n) is 6.97. The number of nitrogens with zero attached hydrogens (tertiary/aromatic N) is 5. The molecule has 0 radical (unpaired) electrons. The van der Waals surface area contributed by atoms with Crippen LogP contribution in [0.15, 0.2) is 24.8 Å². The number of ether oxygens (including phenoxy) is 2. The normalized spacial score (nSPS) is 17.5. The van der Waals surface area contributed by atoms with Gasteiger partial charge in [-0.3, -0.25) is 14.5 Å². The summed E-state index contributed by atoms with van der Waals surface area (Å²) in [6.45, 7) is 1.13. The molecule has 2 aromatic rings. The number of amides is 1. The van der Waals surface area contributed by atoms with E-state index in [2.05, 4.69) is 15.1 Å². The summed E-state index contributed by atoms with van der Waals surface area (Å²) in [6.07, 6.45) is 7.07. The van der Waals surface area contributed by atoms with E-state index in [1.807, 2.05) is 0 Å². The predicted molar refractivity (Wildman–Crippen MR) is 76.7 cm³/mol. The largest absolute Gasteiger partial charge is 0.479 e. The summed E-state index contributed by atoms with van der Waals surface area (Å²) in [5, 5.41) is 4.11. The molecule has 1 amide bonds. The predicted octanol–water partition coefficient (Wildman–Crippen LogP) is 0.512. The highest BCUT2D eigenvalue weighted by atomic mass is 16.5. The van der Waals surface area contributed by atoms with Crippen molar-refractivity contribution in [3.05, 3.63) is 30.4 Å². The standard InChI is InChI=1S/C14H17N5O3/c1-18-9-11(13(17-18)21-2)14(20)19-6-3-10(8-19)22-12-7-15-4-5-16-12/h4-5,7,9-10H,3,6,8H2,1-2H3/t10-/m0/s1. The van der Waals surface area contributed by atoms with E-state index in [1.165, 1.54) is 7.11 Å². The van der Waals surface area contributed by atoms with Gasteiger partial charge in [-0.05, 0) is 0 Å². The number of likely N-dealkylation sites (tertiary alicyclic amines) is 1. The SMILES string of the molecule is COc1nn(C)cc1C(=O)N1CC[C@H](Oc2cnccn2)C1. The van der Waals surface area contributed by atoms with Crippen LogP contribution in [0.25, 0.3) is 0 Å². The second-order valence-electron chi connectivity index (χ2n) is 5.05. The molecule has 0 N–H and O–H groups in total. The van der Waals surface area contributed by atoms with E-state index in [-0.39, 0.29) is 12.0 Å². The number of aryl methyl sites for hydroxylation is 1. The van der Waals surface area contributed by atoms with Gasteiger partial charge < -0.3 is 14.4 Å². The maximum atomic E-state index is 12.5. The van der Waals surface area contributed by atoms with Gasteiger partial charge in [0.15, 0.2) is 0 Å². The lowest BCUT2D eigenvalue weighted by atomic mass is 10.3. The lowest BCUT2D eigenvalue weighted by Crippen LogP contribution is -2.31. The molecule has 2 aromatic heterocycles. The first-order chi connectivity index (χ1) is 10.7. The van der Waals surface area contributed by atoms with Crippen LogP contribution in [-0.2, 0) is 7.05 Å². The molecule has 0 aromatic carbocycles. The first-order valence-corrected chi connectivity index (χ1v) is 6.97. The van der Waals surface area contributed by atoms with Gasteiger partial charge in [0.1, 0.15) is 11.7 Å². The Bertz CT molecular complexity index is 658. The van der Waals surface area contributed by atoms with Gasteiger partial charge >= 0.3 is 0 Å². The molecule has 3 heterocycles. The molecule has 0 aliphatic carbocycles. The fourth-order valence-electron chi connectivity index (χ4n) is 2.46. The molecule has 1 aliphatic rings. The maximum absolute atomic E-state index is 12.5. The summed E-state index contributed by atoms with van der Waals surface area (Å²) < 4.78 is 12.4. The van der Waals surface area contributed by atoms with Crippen molar-refractivity contribution in [1.29, 1.82) is 0 Å². The van der Waals surface area contributed by atoms with E-state index in [9.17, 15) is 4.79 Å². The molecule has 8 heteroatoms. The zero-order valence-electron chi connectivity index (χ0n) is 12.5. The molecule has 1 atom stereocenters. The molecule has 8 nitrogen and oxygen atoms in total. The Labute approximate surface area is 127 Å². The molecule has 22 heavy (non-hydrogen) atoms. The van der Waals surface area contributed by atoms with Crippen LogP contribution in [0.3, 0.4) is 0 Å². The number of carbonyl (C=O) groups excluding carboxylic acids is 1. The van der Waals surface area contributed by atoms with Crippen molar-refractivity contribution in [3.8, 4) is 11.8 Å². The van der Waals surface area contributed by atoms with E-state index in [0.717, 1.165) is 6.42 Å². The highest BCUT2D eigenvalue weighted by Gasteiger charge is 2.31. The number of hydrogen-bond donors (Lipinski definition) is 0. The molecular formula is C14H17N5O3. The zero-order chi connectivity index (χ0) is 15.5. The third kappa shape index (κ3) is 2.85. The molecule has 1 aliphatic heterocycles. The van der Waals surface area contributed by atoms with Gasteiger partial charge in [-0.1, -0.05) is 0 Å². The zero-order valence-corrected chi connectivity index (χ0v) is 12.5. The Balaban J connectivity index is 1.66. The molecule has 116 valence electrons.